The van der Waals surface area contributed by atoms with E-state index in [4.69, 9.17) is 30.9 Å². The van der Waals surface area contributed by atoms with Crippen LogP contribution in [0.15, 0.2) is 36.4 Å². The number of rotatable bonds is 6. The molecule has 0 unspecified atom stereocenters. The summed E-state index contributed by atoms with van der Waals surface area (Å²) in [6.07, 6.45) is 0. The van der Waals surface area contributed by atoms with Crippen LogP contribution < -0.4 is 14.2 Å². The number of ether oxygens (including phenoxy) is 3. The van der Waals surface area contributed by atoms with Crippen molar-refractivity contribution < 1.29 is 24.1 Å². The molecule has 0 radical (unpaired) electrons. The van der Waals surface area contributed by atoms with Crippen LogP contribution in [0.5, 0.6) is 17.2 Å². The molecule has 0 fully saturated rings. The highest BCUT2D eigenvalue weighted by atomic mass is 35.5. The number of hydrogen-bond donors (Lipinski definition) is 1. The fourth-order valence-electron chi connectivity index (χ4n) is 1.88. The van der Waals surface area contributed by atoms with Crippen LogP contribution >= 0.6 is 11.6 Å². The van der Waals surface area contributed by atoms with Crippen molar-refractivity contribution in [2.24, 2.45) is 0 Å². The Morgan fingerprint density at radius 1 is 1.09 bits per heavy atom. The second-order valence-electron chi connectivity index (χ2n) is 4.43. The summed E-state index contributed by atoms with van der Waals surface area (Å²) in [5, 5.41) is 9.73. The highest BCUT2D eigenvalue weighted by molar-refractivity contribution is 6.30. The van der Waals surface area contributed by atoms with Crippen molar-refractivity contribution in [2.75, 3.05) is 14.2 Å². The molecule has 0 bridgehead atoms. The van der Waals surface area contributed by atoms with Gasteiger partial charge in [0.1, 0.15) is 6.61 Å². The van der Waals surface area contributed by atoms with E-state index in [1.165, 1.54) is 26.4 Å². The molecule has 22 heavy (non-hydrogen) atoms. The van der Waals surface area contributed by atoms with Gasteiger partial charge in [0.25, 0.3) is 0 Å². The monoisotopic (exact) mass is 322 g/mol. The Morgan fingerprint density at radius 2 is 1.64 bits per heavy atom. The first-order chi connectivity index (χ1) is 10.5. The van der Waals surface area contributed by atoms with Gasteiger partial charge >= 0.3 is 5.97 Å². The molecule has 0 aromatic heterocycles. The van der Waals surface area contributed by atoms with Crippen LogP contribution in [-0.2, 0) is 6.61 Å². The third kappa shape index (κ3) is 3.62. The van der Waals surface area contributed by atoms with Crippen LogP contribution in [-0.4, -0.2) is 25.3 Å². The average Bonchev–Trinajstić information content (AvgIpc) is 2.53. The number of benzene rings is 2. The van der Waals surface area contributed by atoms with E-state index in [9.17, 15) is 4.79 Å². The van der Waals surface area contributed by atoms with Gasteiger partial charge in [0, 0.05) is 5.02 Å². The molecule has 0 heterocycles. The molecular formula is C16H15ClO5. The van der Waals surface area contributed by atoms with Gasteiger partial charge in [-0.2, -0.15) is 0 Å². The Hall–Kier alpha value is -2.40. The van der Waals surface area contributed by atoms with Crippen LogP contribution in [0.1, 0.15) is 15.9 Å². The summed E-state index contributed by atoms with van der Waals surface area (Å²) in [5.74, 6) is -0.123. The first-order valence-corrected chi connectivity index (χ1v) is 6.79. The molecule has 2 rings (SSSR count). The van der Waals surface area contributed by atoms with Gasteiger partial charge in [-0.25, -0.2) is 4.79 Å². The highest BCUT2D eigenvalue weighted by Crippen LogP contribution is 2.39. The predicted molar refractivity (Wildman–Crippen MR) is 82.3 cm³/mol. The number of aromatic carboxylic acids is 1. The first kappa shape index (κ1) is 16.0. The van der Waals surface area contributed by atoms with E-state index in [1.54, 1.807) is 12.1 Å². The van der Waals surface area contributed by atoms with Crippen molar-refractivity contribution in [3.63, 3.8) is 0 Å². The number of methoxy groups -OCH3 is 2. The third-order valence-corrected chi connectivity index (χ3v) is 3.26. The topological polar surface area (TPSA) is 65.0 Å². The highest BCUT2D eigenvalue weighted by Gasteiger charge is 2.17. The normalized spacial score (nSPS) is 10.1. The van der Waals surface area contributed by atoms with Crippen LogP contribution in [0.4, 0.5) is 0 Å². The molecule has 0 amide bonds. The lowest BCUT2D eigenvalue weighted by atomic mass is 10.2. The molecule has 0 spiro atoms. The Labute approximate surface area is 133 Å². The summed E-state index contributed by atoms with van der Waals surface area (Å²) < 4.78 is 16.1. The molecule has 0 aliphatic carbocycles. The van der Waals surface area contributed by atoms with Crippen LogP contribution in [0.3, 0.4) is 0 Å². The van der Waals surface area contributed by atoms with Crippen LogP contribution in [0, 0.1) is 0 Å². The maximum Gasteiger partial charge on any atom is 0.335 e. The van der Waals surface area contributed by atoms with Gasteiger partial charge in [-0.1, -0.05) is 23.7 Å². The molecule has 0 saturated heterocycles. The fraction of sp³-hybridized carbons (Fsp3) is 0.188. The van der Waals surface area contributed by atoms with Crippen molar-refractivity contribution >= 4 is 17.6 Å². The van der Waals surface area contributed by atoms with Crippen molar-refractivity contribution in [3.05, 3.63) is 52.5 Å². The van der Waals surface area contributed by atoms with Gasteiger partial charge in [-0.3, -0.25) is 0 Å². The molecule has 0 saturated carbocycles. The van der Waals surface area contributed by atoms with E-state index in [0.29, 0.717) is 22.3 Å². The molecule has 116 valence electrons. The van der Waals surface area contributed by atoms with Gasteiger partial charge in [0.2, 0.25) is 5.75 Å². The lowest BCUT2D eigenvalue weighted by molar-refractivity contribution is 0.0696. The summed E-state index contributed by atoms with van der Waals surface area (Å²) in [7, 11) is 2.88. The first-order valence-electron chi connectivity index (χ1n) is 6.41. The van der Waals surface area contributed by atoms with Crippen molar-refractivity contribution in [1.82, 2.24) is 0 Å². The third-order valence-electron chi connectivity index (χ3n) is 3.00. The van der Waals surface area contributed by atoms with E-state index in [1.807, 2.05) is 12.1 Å². The van der Waals surface area contributed by atoms with Crippen LogP contribution in [0.2, 0.25) is 5.02 Å². The SMILES string of the molecule is COc1cc(C(=O)O)cc(OC)c1OCc1ccc(Cl)cc1. The minimum absolute atomic E-state index is 0.0625. The number of hydrogen-bond acceptors (Lipinski definition) is 4. The molecular weight excluding hydrogens is 308 g/mol. The number of carboxylic acids is 1. The molecule has 6 heteroatoms. The number of carbonyl (C=O) groups is 1. The van der Waals surface area contributed by atoms with E-state index in [0.717, 1.165) is 5.56 Å². The maximum atomic E-state index is 11.1. The standard InChI is InChI=1S/C16H15ClO5/c1-20-13-7-11(16(18)19)8-14(21-2)15(13)22-9-10-3-5-12(17)6-4-10/h3-8H,9H2,1-2H3,(H,18,19). The Morgan fingerprint density at radius 3 is 2.09 bits per heavy atom. The lowest BCUT2D eigenvalue weighted by Gasteiger charge is -2.15. The summed E-state index contributed by atoms with van der Waals surface area (Å²) in [4.78, 5) is 11.1. The van der Waals surface area contributed by atoms with E-state index >= 15 is 0 Å². The number of halogens is 1. The van der Waals surface area contributed by atoms with Gasteiger partial charge in [0.15, 0.2) is 11.5 Å². The molecule has 2 aromatic carbocycles. The van der Waals surface area contributed by atoms with Crippen molar-refractivity contribution in [3.8, 4) is 17.2 Å². The average molecular weight is 323 g/mol. The lowest BCUT2D eigenvalue weighted by Crippen LogP contribution is -2.03. The van der Waals surface area contributed by atoms with Gasteiger partial charge < -0.3 is 19.3 Å². The second kappa shape index (κ2) is 7.04. The smallest absolute Gasteiger partial charge is 0.335 e. The van der Waals surface area contributed by atoms with E-state index < -0.39 is 5.97 Å². The van der Waals surface area contributed by atoms with Crippen molar-refractivity contribution in [1.29, 1.82) is 0 Å². The Balaban J connectivity index is 2.28. The van der Waals surface area contributed by atoms with Gasteiger partial charge in [-0.05, 0) is 29.8 Å². The summed E-state index contributed by atoms with van der Waals surface area (Å²) in [5.41, 5.74) is 0.975. The zero-order valence-electron chi connectivity index (χ0n) is 12.1. The summed E-state index contributed by atoms with van der Waals surface area (Å²) in [6, 6.07) is 9.99. The van der Waals surface area contributed by atoms with Gasteiger partial charge in [-0.15, -0.1) is 0 Å². The molecule has 5 nitrogen and oxygen atoms in total. The predicted octanol–water partition coefficient (Wildman–Crippen LogP) is 3.63. The van der Waals surface area contributed by atoms with Crippen LogP contribution in [0.25, 0.3) is 0 Å². The summed E-state index contributed by atoms with van der Waals surface area (Å²) >= 11 is 5.83. The van der Waals surface area contributed by atoms with Crippen molar-refractivity contribution in [2.45, 2.75) is 6.61 Å². The minimum Gasteiger partial charge on any atom is -0.493 e. The Kier molecular flexibility index (Phi) is 5.12. The molecule has 1 N–H and O–H groups in total. The largest absolute Gasteiger partial charge is 0.493 e. The minimum atomic E-state index is -1.07. The zero-order chi connectivity index (χ0) is 16.1. The zero-order valence-corrected chi connectivity index (χ0v) is 12.9. The fourth-order valence-corrected chi connectivity index (χ4v) is 2.01. The maximum absolute atomic E-state index is 11.1. The summed E-state index contributed by atoms with van der Waals surface area (Å²) in [6.45, 7) is 0.274. The molecule has 0 aliphatic rings. The quantitative estimate of drug-likeness (QED) is 0.879. The Bertz CT molecular complexity index is 642. The molecule has 0 aliphatic heterocycles. The molecule has 2 aromatic rings. The molecule has 0 atom stereocenters. The van der Waals surface area contributed by atoms with E-state index in [2.05, 4.69) is 0 Å². The number of carboxylic acid groups (broad SMARTS) is 1. The van der Waals surface area contributed by atoms with Gasteiger partial charge in [0.05, 0.1) is 19.8 Å². The van der Waals surface area contributed by atoms with E-state index in [-0.39, 0.29) is 12.2 Å². The second-order valence-corrected chi connectivity index (χ2v) is 4.87.